The first-order valence-corrected chi connectivity index (χ1v) is 0. The van der Waals surface area contributed by atoms with E-state index in [1.165, 1.54) is 0 Å². The van der Waals surface area contributed by atoms with Crippen molar-refractivity contribution in [2.75, 3.05) is 0 Å². The van der Waals surface area contributed by atoms with Gasteiger partial charge in [0.05, 0.1) is 0 Å². The van der Waals surface area contributed by atoms with Gasteiger partial charge in [-0.2, -0.15) is 0 Å². The van der Waals surface area contributed by atoms with E-state index < -0.39 is 0 Å². The summed E-state index contributed by atoms with van der Waals surface area (Å²) in [5.41, 5.74) is 0. The Balaban J connectivity index is 0. The average molecular weight is 252 g/mol. The Morgan fingerprint density at radius 3 is 0.333 bits per heavy atom. The summed E-state index contributed by atoms with van der Waals surface area (Å²) < 4.78 is 0. The molecular formula is C7H28VY. The molecule has 0 aromatic rings. The zero-order valence-corrected chi connectivity index (χ0v) is 5.26. The Kier molecular flexibility index (Phi) is 10000. The summed E-state index contributed by atoms with van der Waals surface area (Å²) in [5.74, 6) is 0. The van der Waals surface area contributed by atoms with Crippen LogP contribution in [0.25, 0.3) is 0 Å². The molecule has 0 heterocycles. The zero-order valence-electron chi connectivity index (χ0n) is 1.02. The van der Waals surface area contributed by atoms with Gasteiger partial charge in [0.25, 0.3) is 0 Å². The molecule has 0 unspecified atom stereocenters. The van der Waals surface area contributed by atoms with Crippen LogP contribution in [0.4, 0.5) is 0 Å². The molecule has 0 nitrogen and oxygen atoms in total. The maximum absolute atomic E-state index is 0. The fourth-order valence-electron chi connectivity index (χ4n) is 0. The Bertz CT molecular complexity index is 8.88. The predicted octanol–water partition coefficient (Wildman–Crippen LogP) is 4.45. The van der Waals surface area contributed by atoms with Crippen LogP contribution in [0, 0.1) is 0 Å². The average Bonchev–Trinajstić information content (AvgIpc) is 0. The molecule has 0 saturated carbocycles. The van der Waals surface area contributed by atoms with Crippen LogP contribution in [0.3, 0.4) is 0 Å². The Morgan fingerprint density at radius 1 is 0.333 bits per heavy atom. The van der Waals surface area contributed by atoms with Gasteiger partial charge in [-0.3, -0.25) is 0 Å². The summed E-state index contributed by atoms with van der Waals surface area (Å²) in [5, 5.41) is 0. The minimum Gasteiger partial charge on any atom is -0.0776 e. The molecule has 0 aromatic heterocycles. The van der Waals surface area contributed by atoms with Gasteiger partial charge >= 0.3 is 0 Å². The van der Waals surface area contributed by atoms with Crippen molar-refractivity contribution < 1.29 is 51.3 Å². The van der Waals surface area contributed by atoms with Gasteiger partial charge < -0.3 is 0 Å². The van der Waals surface area contributed by atoms with Crippen molar-refractivity contribution in [3.63, 3.8) is 0 Å². The van der Waals surface area contributed by atoms with E-state index in [0.29, 0.717) is 0 Å². The molecule has 0 atom stereocenters. The van der Waals surface area contributed by atoms with Gasteiger partial charge in [0.1, 0.15) is 0 Å². The minimum absolute atomic E-state index is 0. The van der Waals surface area contributed by atoms with Gasteiger partial charge in [0, 0.05) is 51.3 Å². The zero-order chi connectivity index (χ0) is 0. The van der Waals surface area contributed by atoms with Crippen molar-refractivity contribution in [1.29, 1.82) is 0 Å². The largest absolute Gasteiger partial charge is 0.0776 e. The second-order valence-electron chi connectivity index (χ2n) is 0. The number of hydrogen-bond donors (Lipinski definition) is 0. The fourth-order valence-corrected chi connectivity index (χ4v) is 0. The molecular weight excluding hydrogens is 224 g/mol. The SMILES string of the molecule is C.C.C.C.C.C.C.[V].[Y]. The van der Waals surface area contributed by atoms with Gasteiger partial charge in [0.15, 0.2) is 0 Å². The number of rotatable bonds is 0. The third kappa shape index (κ3) is 201. The van der Waals surface area contributed by atoms with Gasteiger partial charge in [0.2, 0.25) is 0 Å². The van der Waals surface area contributed by atoms with Crippen LogP contribution in [0.15, 0.2) is 0 Å². The van der Waals surface area contributed by atoms with Crippen LogP contribution in [-0.2, 0) is 51.3 Å². The van der Waals surface area contributed by atoms with Gasteiger partial charge in [-0.05, 0) is 0 Å². The van der Waals surface area contributed by atoms with E-state index >= 15 is 0 Å². The first-order valence-electron chi connectivity index (χ1n) is 0. The van der Waals surface area contributed by atoms with Crippen LogP contribution < -0.4 is 0 Å². The van der Waals surface area contributed by atoms with E-state index in [2.05, 4.69) is 0 Å². The molecule has 0 aliphatic carbocycles. The van der Waals surface area contributed by atoms with Crippen LogP contribution in [0.2, 0.25) is 0 Å². The van der Waals surface area contributed by atoms with Crippen LogP contribution in [-0.4, -0.2) is 0 Å². The molecule has 0 N–H and O–H groups in total. The van der Waals surface area contributed by atoms with E-state index in [1.807, 2.05) is 0 Å². The van der Waals surface area contributed by atoms with Crippen molar-refractivity contribution >= 4 is 0 Å². The third-order valence-corrected chi connectivity index (χ3v) is 0. The van der Waals surface area contributed by atoms with Crippen molar-refractivity contribution in [2.45, 2.75) is 52.0 Å². The molecule has 0 amide bonds. The monoisotopic (exact) mass is 252 g/mol. The molecule has 9 heavy (non-hydrogen) atoms. The minimum atomic E-state index is 0. The van der Waals surface area contributed by atoms with Crippen LogP contribution in [0.5, 0.6) is 0 Å². The molecule has 0 aromatic carbocycles. The smallest absolute Gasteiger partial charge is 0 e. The summed E-state index contributed by atoms with van der Waals surface area (Å²) in [6.45, 7) is 0. The summed E-state index contributed by atoms with van der Waals surface area (Å²) in [4.78, 5) is 0. The molecule has 64 valence electrons. The van der Waals surface area contributed by atoms with Gasteiger partial charge in [-0.15, -0.1) is 0 Å². The molecule has 0 saturated heterocycles. The molecule has 0 aliphatic heterocycles. The molecule has 0 rings (SSSR count). The molecule has 0 spiro atoms. The second-order valence-corrected chi connectivity index (χ2v) is 0. The Morgan fingerprint density at radius 2 is 0.333 bits per heavy atom. The normalized spacial score (nSPS) is 0. The molecule has 2 radical (unpaired) electrons. The third-order valence-electron chi connectivity index (χ3n) is 0. The van der Waals surface area contributed by atoms with Crippen molar-refractivity contribution in [3.8, 4) is 0 Å². The molecule has 0 fully saturated rings. The van der Waals surface area contributed by atoms with Gasteiger partial charge in [-0.25, -0.2) is 0 Å². The molecule has 0 bridgehead atoms. The summed E-state index contributed by atoms with van der Waals surface area (Å²) >= 11 is 0. The van der Waals surface area contributed by atoms with Crippen LogP contribution in [0.1, 0.15) is 52.0 Å². The van der Waals surface area contributed by atoms with Crippen molar-refractivity contribution in [2.24, 2.45) is 0 Å². The first-order chi connectivity index (χ1) is 0. The fraction of sp³-hybridized carbons (Fsp3) is 1.00. The summed E-state index contributed by atoms with van der Waals surface area (Å²) in [7, 11) is 0. The van der Waals surface area contributed by atoms with E-state index in [1.54, 1.807) is 0 Å². The van der Waals surface area contributed by atoms with E-state index in [9.17, 15) is 0 Å². The molecule has 2 heteroatoms. The van der Waals surface area contributed by atoms with Crippen molar-refractivity contribution in [1.82, 2.24) is 0 Å². The van der Waals surface area contributed by atoms with Crippen molar-refractivity contribution in [3.05, 3.63) is 0 Å². The Hall–Kier alpha value is 1.69. The number of hydrogen-bond acceptors (Lipinski definition) is 0. The van der Waals surface area contributed by atoms with E-state index in [4.69, 9.17) is 0 Å². The topological polar surface area (TPSA) is 0 Å². The summed E-state index contributed by atoms with van der Waals surface area (Å²) in [6, 6.07) is 0. The van der Waals surface area contributed by atoms with E-state index in [-0.39, 0.29) is 103 Å². The first kappa shape index (κ1) is 352. The second kappa shape index (κ2) is 257. The summed E-state index contributed by atoms with van der Waals surface area (Å²) in [6.07, 6.45) is 0. The van der Waals surface area contributed by atoms with E-state index in [0.717, 1.165) is 0 Å². The predicted molar refractivity (Wildman–Crippen MR) is 47.1 cm³/mol. The standard InChI is InChI=1S/7CH4.V.Y/h7*1H4;;. The van der Waals surface area contributed by atoms with Gasteiger partial charge in [-0.1, -0.05) is 52.0 Å². The maximum Gasteiger partial charge on any atom is 0 e. The van der Waals surface area contributed by atoms with Crippen LogP contribution >= 0.6 is 0 Å². The maximum atomic E-state index is 0. The Labute approximate surface area is 102 Å². The molecule has 0 aliphatic rings. The quantitative estimate of drug-likeness (QED) is 0.597.